The van der Waals surface area contributed by atoms with Gasteiger partial charge in [-0.15, -0.1) is 0 Å². The average Bonchev–Trinajstić information content (AvgIpc) is 2.85. The first-order valence-corrected chi connectivity index (χ1v) is 8.09. The number of rotatable bonds is 6. The lowest BCUT2D eigenvalue weighted by molar-refractivity contribution is 0.585. The van der Waals surface area contributed by atoms with Gasteiger partial charge in [-0.05, 0) is 23.2 Å². The van der Waals surface area contributed by atoms with Gasteiger partial charge in [-0.25, -0.2) is 4.98 Å². The summed E-state index contributed by atoms with van der Waals surface area (Å²) in [5.41, 5.74) is 1.31. The average molecular weight is 293 g/mol. The molecule has 2 aromatic rings. The molecule has 102 valence electrons. The second kappa shape index (κ2) is 7.03. The molecule has 0 spiro atoms. The lowest BCUT2D eigenvalue weighted by Gasteiger charge is -2.11. The number of nitrogens with zero attached hydrogens (tertiary/aromatic N) is 2. The molecule has 0 saturated carbocycles. The number of aromatic nitrogens is 2. The summed E-state index contributed by atoms with van der Waals surface area (Å²) in [5, 5.41) is 3.46. The zero-order chi connectivity index (χ0) is 13.7. The second-order valence-electron chi connectivity index (χ2n) is 4.58. The van der Waals surface area contributed by atoms with Crippen molar-refractivity contribution in [3.63, 3.8) is 0 Å². The van der Waals surface area contributed by atoms with E-state index in [-0.39, 0.29) is 0 Å². The van der Waals surface area contributed by atoms with Crippen molar-refractivity contribution in [2.75, 3.05) is 0 Å². The van der Waals surface area contributed by atoms with E-state index in [1.54, 1.807) is 11.8 Å². The summed E-state index contributed by atoms with van der Waals surface area (Å²) in [7, 11) is 0. The molecule has 0 unspecified atom stereocenters. The van der Waals surface area contributed by atoms with Crippen LogP contribution in [0.5, 0.6) is 0 Å². The van der Waals surface area contributed by atoms with Gasteiger partial charge in [0.05, 0.1) is 0 Å². The summed E-state index contributed by atoms with van der Waals surface area (Å²) in [6.45, 7) is 7.29. The number of aryl methyl sites for hydroxylation is 1. The second-order valence-corrected chi connectivity index (χ2v) is 6.62. The van der Waals surface area contributed by atoms with E-state index >= 15 is 0 Å². The lowest BCUT2D eigenvalue weighted by Crippen LogP contribution is -2.22. The quantitative estimate of drug-likeness (QED) is 0.880. The predicted octanol–water partition coefficient (Wildman–Crippen LogP) is 3.75. The van der Waals surface area contributed by atoms with E-state index in [9.17, 15) is 0 Å². The van der Waals surface area contributed by atoms with E-state index < -0.39 is 0 Å². The molecule has 3 nitrogen and oxygen atoms in total. The Kier molecular flexibility index (Phi) is 5.36. The Balaban J connectivity index is 2.10. The zero-order valence-electron chi connectivity index (χ0n) is 11.5. The maximum absolute atomic E-state index is 4.51. The molecule has 0 fully saturated rings. The van der Waals surface area contributed by atoms with Gasteiger partial charge >= 0.3 is 0 Å². The normalized spacial score (nSPS) is 11.2. The van der Waals surface area contributed by atoms with Gasteiger partial charge < -0.3 is 5.32 Å². The largest absolute Gasteiger partial charge is 0.310 e. The van der Waals surface area contributed by atoms with Gasteiger partial charge in [0.2, 0.25) is 0 Å². The molecule has 0 radical (unpaired) electrons. The van der Waals surface area contributed by atoms with Crippen molar-refractivity contribution >= 4 is 23.3 Å². The fourth-order valence-corrected chi connectivity index (χ4v) is 3.37. The third kappa shape index (κ3) is 4.30. The third-order valence-corrected chi connectivity index (χ3v) is 4.54. The molecule has 0 bridgehead atoms. The molecule has 1 aromatic carbocycles. The highest BCUT2D eigenvalue weighted by Crippen LogP contribution is 2.31. The summed E-state index contributed by atoms with van der Waals surface area (Å²) >= 11 is 3.19. The minimum absolute atomic E-state index is 0.492. The smallest absolute Gasteiger partial charge is 0.174 e. The number of benzene rings is 1. The van der Waals surface area contributed by atoms with Crippen molar-refractivity contribution in [2.24, 2.45) is 0 Å². The van der Waals surface area contributed by atoms with E-state index in [1.807, 2.05) is 0 Å². The van der Waals surface area contributed by atoms with Crippen LogP contribution in [0, 0.1) is 0 Å². The van der Waals surface area contributed by atoms with Crippen LogP contribution < -0.4 is 5.32 Å². The first-order valence-electron chi connectivity index (χ1n) is 6.50. The molecule has 5 heteroatoms. The molecule has 0 amide bonds. The summed E-state index contributed by atoms with van der Waals surface area (Å²) in [5.74, 6) is 0.935. The van der Waals surface area contributed by atoms with Gasteiger partial charge in [0.1, 0.15) is 5.82 Å². The first-order chi connectivity index (χ1) is 9.19. The Morgan fingerprint density at radius 1 is 1.32 bits per heavy atom. The van der Waals surface area contributed by atoms with Crippen LogP contribution in [0.3, 0.4) is 0 Å². The van der Waals surface area contributed by atoms with Crippen LogP contribution >= 0.6 is 23.3 Å². The number of nitrogens with one attached hydrogen (secondary N) is 1. The van der Waals surface area contributed by atoms with E-state index in [4.69, 9.17) is 0 Å². The van der Waals surface area contributed by atoms with E-state index in [0.29, 0.717) is 6.04 Å². The Morgan fingerprint density at radius 2 is 2.11 bits per heavy atom. The number of hydrogen-bond donors (Lipinski definition) is 1. The predicted molar refractivity (Wildman–Crippen MR) is 81.8 cm³/mol. The molecule has 0 atom stereocenters. The van der Waals surface area contributed by atoms with Crippen LogP contribution in [0.15, 0.2) is 33.5 Å². The van der Waals surface area contributed by atoms with Crippen LogP contribution in [0.2, 0.25) is 0 Å². The molecule has 1 N–H and O–H groups in total. The van der Waals surface area contributed by atoms with Crippen molar-refractivity contribution < 1.29 is 0 Å². The molecule has 0 aliphatic rings. The molecule has 2 rings (SSSR count). The molecule has 0 aliphatic heterocycles. The number of hydrogen-bond acceptors (Lipinski definition) is 5. The summed E-state index contributed by atoms with van der Waals surface area (Å²) < 4.78 is 5.35. The molecule has 0 saturated heterocycles. The van der Waals surface area contributed by atoms with E-state index in [0.717, 1.165) is 23.1 Å². The first kappa shape index (κ1) is 14.5. The highest BCUT2D eigenvalue weighted by atomic mass is 32.2. The maximum Gasteiger partial charge on any atom is 0.174 e. The van der Waals surface area contributed by atoms with E-state index in [1.165, 1.54) is 22.0 Å². The van der Waals surface area contributed by atoms with Crippen LogP contribution in [0.4, 0.5) is 0 Å². The zero-order valence-corrected chi connectivity index (χ0v) is 13.1. The highest BCUT2D eigenvalue weighted by Gasteiger charge is 2.08. The standard InChI is InChI=1S/C14H19N3S2/c1-4-13-16-14(19-17-13)18-12-8-6-5-7-11(12)9-15-10(2)3/h5-8,10,15H,4,9H2,1-3H3. The van der Waals surface area contributed by atoms with Gasteiger partial charge in [0.15, 0.2) is 4.34 Å². The molecular weight excluding hydrogens is 274 g/mol. The molecule has 19 heavy (non-hydrogen) atoms. The Labute approximate surface area is 123 Å². The van der Waals surface area contributed by atoms with Crippen molar-refractivity contribution in [1.29, 1.82) is 0 Å². The third-order valence-electron chi connectivity index (χ3n) is 2.64. The SMILES string of the molecule is CCc1nsc(Sc2ccccc2CNC(C)C)n1. The molecule has 0 aliphatic carbocycles. The fourth-order valence-electron chi connectivity index (χ4n) is 1.58. The van der Waals surface area contributed by atoms with Crippen LogP contribution in [-0.2, 0) is 13.0 Å². The van der Waals surface area contributed by atoms with Gasteiger partial charge in [-0.2, -0.15) is 4.37 Å². The van der Waals surface area contributed by atoms with Crippen LogP contribution in [0.1, 0.15) is 32.2 Å². The summed E-state index contributed by atoms with van der Waals surface area (Å²) in [6, 6.07) is 8.96. The topological polar surface area (TPSA) is 37.8 Å². The summed E-state index contributed by atoms with van der Waals surface area (Å²) in [4.78, 5) is 5.77. The maximum atomic E-state index is 4.51. The van der Waals surface area contributed by atoms with Crippen molar-refractivity contribution in [2.45, 2.75) is 49.0 Å². The van der Waals surface area contributed by atoms with Crippen LogP contribution in [0.25, 0.3) is 0 Å². The summed E-state index contributed by atoms with van der Waals surface area (Å²) in [6.07, 6.45) is 0.896. The minimum Gasteiger partial charge on any atom is -0.310 e. The lowest BCUT2D eigenvalue weighted by atomic mass is 10.2. The van der Waals surface area contributed by atoms with Crippen molar-refractivity contribution in [3.05, 3.63) is 35.7 Å². The molecular formula is C14H19N3S2. The van der Waals surface area contributed by atoms with Gasteiger partial charge in [0, 0.05) is 23.9 Å². The van der Waals surface area contributed by atoms with Gasteiger partial charge in [0.25, 0.3) is 0 Å². The van der Waals surface area contributed by atoms with Crippen molar-refractivity contribution in [1.82, 2.24) is 14.7 Å². The Bertz CT molecular complexity index is 523. The molecule has 1 aromatic heterocycles. The Hall–Kier alpha value is -0.910. The van der Waals surface area contributed by atoms with Crippen LogP contribution in [-0.4, -0.2) is 15.4 Å². The van der Waals surface area contributed by atoms with Crippen molar-refractivity contribution in [3.8, 4) is 0 Å². The fraction of sp³-hybridized carbons (Fsp3) is 0.429. The Morgan fingerprint density at radius 3 is 2.79 bits per heavy atom. The molecule has 1 heterocycles. The highest BCUT2D eigenvalue weighted by molar-refractivity contribution is 8.01. The minimum atomic E-state index is 0.492. The van der Waals surface area contributed by atoms with Gasteiger partial charge in [-0.3, -0.25) is 0 Å². The van der Waals surface area contributed by atoms with Gasteiger partial charge in [-0.1, -0.05) is 50.7 Å². The van der Waals surface area contributed by atoms with E-state index in [2.05, 4.69) is 59.7 Å². The monoisotopic (exact) mass is 293 g/mol.